The summed E-state index contributed by atoms with van der Waals surface area (Å²) in [4.78, 5) is 9.80. The van der Waals surface area contributed by atoms with Crippen LogP contribution in [0.3, 0.4) is 0 Å². The Labute approximate surface area is 71.5 Å². The largest absolute Gasteiger partial charge is 0.431 e. The highest BCUT2D eigenvalue weighted by Gasteiger charge is 2.40. The lowest BCUT2D eigenvalue weighted by atomic mass is 9.94. The van der Waals surface area contributed by atoms with Gasteiger partial charge in [-0.25, -0.2) is 0 Å². The van der Waals surface area contributed by atoms with Crippen molar-refractivity contribution in [3.63, 3.8) is 0 Å². The van der Waals surface area contributed by atoms with Gasteiger partial charge in [0.2, 0.25) is 9.04 Å². The molecule has 1 N–H and O–H groups in total. The zero-order chi connectivity index (χ0) is 8.48. The van der Waals surface area contributed by atoms with E-state index >= 15 is 0 Å². The third kappa shape index (κ3) is 2.06. The summed E-state index contributed by atoms with van der Waals surface area (Å²) in [5, 5.41) is 0.332. The number of hydrogen-bond donors (Lipinski definition) is 1. The van der Waals surface area contributed by atoms with E-state index in [4.69, 9.17) is 0 Å². The first-order valence-corrected chi connectivity index (χ1v) is 6.25. The van der Waals surface area contributed by atoms with Crippen LogP contribution in [0.2, 0.25) is 11.1 Å². The summed E-state index contributed by atoms with van der Waals surface area (Å²) in [6.07, 6.45) is 3.74. The smallest absolute Gasteiger partial charge is 0.213 e. The van der Waals surface area contributed by atoms with Gasteiger partial charge in [-0.3, -0.25) is 0 Å². The van der Waals surface area contributed by atoms with Crippen LogP contribution >= 0.6 is 0 Å². The lowest BCUT2D eigenvalue weighted by Crippen LogP contribution is -2.25. The summed E-state index contributed by atoms with van der Waals surface area (Å²) in [6, 6.07) is 1.12. The molecular formula is C9H19OSi. The molecule has 1 saturated heterocycles. The van der Waals surface area contributed by atoms with Crippen LogP contribution in [0.15, 0.2) is 0 Å². The van der Waals surface area contributed by atoms with Gasteiger partial charge in [0.25, 0.3) is 0 Å². The molecule has 0 aromatic carbocycles. The third-order valence-corrected chi connectivity index (χ3v) is 5.37. The molecule has 0 aliphatic carbocycles. The summed E-state index contributed by atoms with van der Waals surface area (Å²) < 4.78 is 0. The fraction of sp³-hybridized carbons (Fsp3) is 1.00. The highest BCUT2D eigenvalue weighted by molar-refractivity contribution is 6.55. The quantitative estimate of drug-likeness (QED) is 0.633. The van der Waals surface area contributed by atoms with E-state index in [-0.39, 0.29) is 0 Å². The molecule has 1 fully saturated rings. The van der Waals surface area contributed by atoms with Crippen LogP contribution in [-0.4, -0.2) is 13.8 Å². The normalized spacial score (nSPS) is 33.5. The predicted octanol–water partition coefficient (Wildman–Crippen LogP) is 2.57. The molecule has 1 aliphatic rings. The Morgan fingerprint density at radius 2 is 2.18 bits per heavy atom. The standard InChI is InChI=1S/C9H19OSi/c1-8(2)7-9(3)5-4-6-11(9)10/h8,10H,4-7H2,1-3H3. The van der Waals surface area contributed by atoms with Crippen molar-refractivity contribution in [2.24, 2.45) is 5.92 Å². The van der Waals surface area contributed by atoms with Crippen LogP contribution in [-0.2, 0) is 0 Å². The van der Waals surface area contributed by atoms with Crippen molar-refractivity contribution in [1.82, 2.24) is 0 Å². The average molecular weight is 171 g/mol. The van der Waals surface area contributed by atoms with E-state index in [1.54, 1.807) is 0 Å². The van der Waals surface area contributed by atoms with Gasteiger partial charge in [0, 0.05) is 0 Å². The first-order valence-electron chi connectivity index (χ1n) is 4.60. The van der Waals surface area contributed by atoms with Gasteiger partial charge in [-0.15, -0.1) is 0 Å². The summed E-state index contributed by atoms with van der Waals surface area (Å²) in [5.41, 5.74) is 0. The van der Waals surface area contributed by atoms with Gasteiger partial charge in [-0.05, 0) is 29.8 Å². The Morgan fingerprint density at radius 3 is 2.55 bits per heavy atom. The molecule has 0 saturated carbocycles. The topological polar surface area (TPSA) is 20.2 Å². The molecule has 0 amide bonds. The molecular weight excluding hydrogens is 152 g/mol. The van der Waals surface area contributed by atoms with E-state index in [2.05, 4.69) is 20.8 Å². The van der Waals surface area contributed by atoms with Crippen molar-refractivity contribution >= 4 is 9.04 Å². The SMILES string of the molecule is CC(C)CC1(C)CCC[Si]1O. The van der Waals surface area contributed by atoms with Gasteiger partial charge in [-0.2, -0.15) is 0 Å². The molecule has 0 aromatic rings. The Balaban J connectivity index is 2.51. The molecule has 1 radical (unpaired) electrons. The van der Waals surface area contributed by atoms with Crippen LogP contribution < -0.4 is 0 Å². The van der Waals surface area contributed by atoms with E-state index in [0.717, 1.165) is 12.0 Å². The number of rotatable bonds is 2. The van der Waals surface area contributed by atoms with E-state index < -0.39 is 9.04 Å². The first-order chi connectivity index (χ1) is 5.04. The monoisotopic (exact) mass is 171 g/mol. The van der Waals surface area contributed by atoms with Crippen LogP contribution in [0.4, 0.5) is 0 Å². The summed E-state index contributed by atoms with van der Waals surface area (Å²) in [6.45, 7) is 6.77. The maximum absolute atomic E-state index is 9.80. The zero-order valence-corrected chi connectivity index (χ0v) is 8.85. The molecule has 0 spiro atoms. The van der Waals surface area contributed by atoms with Gasteiger partial charge in [0.05, 0.1) is 0 Å². The molecule has 1 nitrogen and oxygen atoms in total. The second-order valence-electron chi connectivity index (χ2n) is 4.46. The van der Waals surface area contributed by atoms with Crippen LogP contribution in [0.1, 0.15) is 40.0 Å². The maximum Gasteiger partial charge on any atom is 0.213 e. The van der Waals surface area contributed by atoms with Crippen molar-refractivity contribution in [1.29, 1.82) is 0 Å². The van der Waals surface area contributed by atoms with Gasteiger partial charge in [0.1, 0.15) is 0 Å². The lowest BCUT2D eigenvalue weighted by molar-refractivity contribution is 0.406. The zero-order valence-electron chi connectivity index (χ0n) is 7.85. The Hall–Kier alpha value is 0.177. The van der Waals surface area contributed by atoms with Crippen molar-refractivity contribution < 1.29 is 4.80 Å². The molecule has 11 heavy (non-hydrogen) atoms. The second-order valence-corrected chi connectivity index (χ2v) is 7.06. The molecule has 1 atom stereocenters. The fourth-order valence-corrected chi connectivity index (χ4v) is 4.44. The van der Waals surface area contributed by atoms with E-state index in [9.17, 15) is 4.80 Å². The summed E-state index contributed by atoms with van der Waals surface area (Å²) >= 11 is 0. The van der Waals surface area contributed by atoms with Gasteiger partial charge >= 0.3 is 0 Å². The first kappa shape index (κ1) is 9.27. The molecule has 1 heterocycles. The molecule has 1 aliphatic heterocycles. The minimum atomic E-state index is -0.989. The van der Waals surface area contributed by atoms with E-state index in [1.165, 1.54) is 19.3 Å². The van der Waals surface area contributed by atoms with Crippen molar-refractivity contribution in [3.8, 4) is 0 Å². The second kappa shape index (κ2) is 3.28. The van der Waals surface area contributed by atoms with Crippen LogP contribution in [0.5, 0.6) is 0 Å². The summed E-state index contributed by atoms with van der Waals surface area (Å²) in [5.74, 6) is 0.741. The van der Waals surface area contributed by atoms with E-state index in [1.807, 2.05) is 0 Å². The maximum atomic E-state index is 9.80. The Bertz CT molecular complexity index is 136. The molecule has 1 rings (SSSR count). The van der Waals surface area contributed by atoms with Crippen molar-refractivity contribution in [2.45, 2.75) is 51.1 Å². The van der Waals surface area contributed by atoms with Crippen LogP contribution in [0, 0.1) is 5.92 Å². The third-order valence-electron chi connectivity index (χ3n) is 2.70. The van der Waals surface area contributed by atoms with Gasteiger partial charge in [-0.1, -0.05) is 27.2 Å². The van der Waals surface area contributed by atoms with Crippen molar-refractivity contribution in [2.75, 3.05) is 0 Å². The van der Waals surface area contributed by atoms with Gasteiger partial charge < -0.3 is 4.80 Å². The molecule has 65 valence electrons. The minimum Gasteiger partial charge on any atom is -0.431 e. The average Bonchev–Trinajstić information content (AvgIpc) is 2.11. The fourth-order valence-electron chi connectivity index (χ4n) is 2.21. The van der Waals surface area contributed by atoms with Gasteiger partial charge in [0.15, 0.2) is 0 Å². The van der Waals surface area contributed by atoms with Crippen LogP contribution in [0.25, 0.3) is 0 Å². The Kier molecular flexibility index (Phi) is 2.76. The number of hydrogen-bond acceptors (Lipinski definition) is 1. The van der Waals surface area contributed by atoms with E-state index in [0.29, 0.717) is 5.04 Å². The predicted molar refractivity (Wildman–Crippen MR) is 49.8 cm³/mol. The molecule has 0 aromatic heterocycles. The Morgan fingerprint density at radius 1 is 1.55 bits per heavy atom. The molecule has 0 bridgehead atoms. The minimum absolute atomic E-state index is 0.332. The lowest BCUT2D eigenvalue weighted by Gasteiger charge is -2.27. The molecule has 1 unspecified atom stereocenters. The van der Waals surface area contributed by atoms with Crippen molar-refractivity contribution in [3.05, 3.63) is 0 Å². The highest BCUT2D eigenvalue weighted by Crippen LogP contribution is 2.47. The molecule has 2 heteroatoms. The highest BCUT2D eigenvalue weighted by atomic mass is 28.3. The summed E-state index contributed by atoms with van der Waals surface area (Å²) in [7, 11) is -0.989.